The smallest absolute Gasteiger partial charge is 0.293 e. The fraction of sp³-hybridized carbons (Fsp3) is 0.154. The van der Waals surface area contributed by atoms with Crippen LogP contribution in [0, 0.1) is 0 Å². The number of nitrogens with one attached hydrogen (secondary N) is 1. The van der Waals surface area contributed by atoms with Crippen LogP contribution in [0.5, 0.6) is 11.5 Å². The molecule has 20 heavy (non-hydrogen) atoms. The minimum absolute atomic E-state index is 0.00872. The Bertz CT molecular complexity index is 691. The predicted octanol–water partition coefficient (Wildman–Crippen LogP) is 0.427. The van der Waals surface area contributed by atoms with E-state index in [0.717, 1.165) is 0 Å². The molecule has 0 aliphatic carbocycles. The van der Waals surface area contributed by atoms with Crippen LogP contribution in [0.3, 0.4) is 0 Å². The van der Waals surface area contributed by atoms with Crippen LogP contribution in [0.2, 0.25) is 0 Å². The summed E-state index contributed by atoms with van der Waals surface area (Å²) in [4.78, 5) is 27.1. The average molecular weight is 275 g/mol. The van der Waals surface area contributed by atoms with Crippen molar-refractivity contribution in [3.63, 3.8) is 0 Å². The number of nitrogens with zero attached hydrogens (tertiary/aromatic N) is 2. The number of aromatic nitrogens is 2. The third-order valence-electron chi connectivity index (χ3n) is 2.78. The molecule has 0 aliphatic heterocycles. The Kier molecular flexibility index (Phi) is 3.43. The van der Waals surface area contributed by atoms with Crippen molar-refractivity contribution in [1.29, 1.82) is 0 Å². The van der Waals surface area contributed by atoms with Crippen LogP contribution in [-0.4, -0.2) is 38.5 Å². The first-order valence-electron chi connectivity index (χ1n) is 5.76. The molecule has 1 heterocycles. The summed E-state index contributed by atoms with van der Waals surface area (Å²) in [7, 11) is 3.02. The number of imidazole rings is 1. The van der Waals surface area contributed by atoms with Crippen molar-refractivity contribution in [1.82, 2.24) is 14.9 Å². The molecular formula is C13H13N3O4. The highest BCUT2D eigenvalue weighted by Crippen LogP contribution is 2.29. The van der Waals surface area contributed by atoms with Crippen molar-refractivity contribution in [2.75, 3.05) is 7.05 Å². The topological polar surface area (TPSA) is 104 Å². The first-order valence-corrected chi connectivity index (χ1v) is 5.76. The maximum absolute atomic E-state index is 11.7. The van der Waals surface area contributed by atoms with E-state index in [2.05, 4.69) is 10.3 Å². The van der Waals surface area contributed by atoms with E-state index in [1.165, 1.54) is 25.4 Å². The van der Waals surface area contributed by atoms with Crippen LogP contribution in [0.4, 0.5) is 0 Å². The van der Waals surface area contributed by atoms with Gasteiger partial charge in [0.25, 0.3) is 11.7 Å². The standard InChI is InChI=1S/C13H13N3O4/c1-14-13(20)11(19)8-6-16(2)12(15-8)7-3-4-9(17)10(18)5-7/h3-6,17-18H,1-2H3,(H,14,20). The second-order valence-corrected chi connectivity index (χ2v) is 4.17. The number of likely N-dealkylation sites (N-methyl/N-ethyl adjacent to an activating group) is 1. The number of amides is 1. The highest BCUT2D eigenvalue weighted by Gasteiger charge is 2.20. The Hall–Kier alpha value is -2.83. The van der Waals surface area contributed by atoms with E-state index in [4.69, 9.17) is 0 Å². The summed E-state index contributed by atoms with van der Waals surface area (Å²) in [6.07, 6.45) is 1.43. The quantitative estimate of drug-likeness (QED) is 0.428. The second kappa shape index (κ2) is 5.04. The molecule has 0 saturated carbocycles. The minimum Gasteiger partial charge on any atom is -0.504 e. The number of carbonyl (C=O) groups excluding carboxylic acids is 2. The summed E-state index contributed by atoms with van der Waals surface area (Å²) >= 11 is 0. The van der Waals surface area contributed by atoms with E-state index in [9.17, 15) is 19.8 Å². The van der Waals surface area contributed by atoms with Gasteiger partial charge in [0.2, 0.25) is 0 Å². The molecule has 0 spiro atoms. The first-order chi connectivity index (χ1) is 9.43. The van der Waals surface area contributed by atoms with E-state index < -0.39 is 11.7 Å². The van der Waals surface area contributed by atoms with Crippen LogP contribution in [0.1, 0.15) is 10.5 Å². The molecule has 1 amide bonds. The number of aromatic hydroxyl groups is 2. The molecule has 0 bridgehead atoms. The molecule has 0 saturated heterocycles. The fourth-order valence-electron chi connectivity index (χ4n) is 1.74. The number of ketones is 1. The van der Waals surface area contributed by atoms with Gasteiger partial charge in [-0.25, -0.2) is 4.98 Å². The van der Waals surface area contributed by atoms with Gasteiger partial charge < -0.3 is 20.1 Å². The molecule has 0 unspecified atom stereocenters. The van der Waals surface area contributed by atoms with Gasteiger partial charge in [0, 0.05) is 25.9 Å². The molecule has 0 aliphatic rings. The summed E-state index contributed by atoms with van der Waals surface area (Å²) in [5, 5.41) is 21.0. The van der Waals surface area contributed by atoms with Gasteiger partial charge in [-0.3, -0.25) is 9.59 Å². The van der Waals surface area contributed by atoms with Gasteiger partial charge in [0.15, 0.2) is 11.5 Å². The Morgan fingerprint density at radius 2 is 1.95 bits per heavy atom. The van der Waals surface area contributed by atoms with Crippen molar-refractivity contribution in [3.05, 3.63) is 30.1 Å². The Morgan fingerprint density at radius 3 is 2.55 bits per heavy atom. The third kappa shape index (κ3) is 2.33. The largest absolute Gasteiger partial charge is 0.504 e. The van der Waals surface area contributed by atoms with Crippen molar-refractivity contribution in [2.45, 2.75) is 0 Å². The lowest BCUT2D eigenvalue weighted by molar-refractivity contribution is -0.116. The number of phenolic OH excluding ortho intramolecular Hbond substituents is 2. The molecule has 3 N–H and O–H groups in total. The second-order valence-electron chi connectivity index (χ2n) is 4.17. The van der Waals surface area contributed by atoms with Crippen molar-refractivity contribution < 1.29 is 19.8 Å². The number of benzene rings is 1. The zero-order valence-corrected chi connectivity index (χ0v) is 10.9. The Morgan fingerprint density at radius 1 is 1.25 bits per heavy atom. The molecule has 104 valence electrons. The highest BCUT2D eigenvalue weighted by molar-refractivity contribution is 6.42. The molecule has 0 fully saturated rings. The zero-order valence-electron chi connectivity index (χ0n) is 10.9. The van der Waals surface area contributed by atoms with Crippen molar-refractivity contribution in [2.24, 2.45) is 7.05 Å². The van der Waals surface area contributed by atoms with Crippen molar-refractivity contribution in [3.8, 4) is 22.9 Å². The maximum Gasteiger partial charge on any atom is 0.293 e. The number of hydrogen-bond donors (Lipinski definition) is 3. The third-order valence-corrected chi connectivity index (χ3v) is 2.78. The number of carbonyl (C=O) groups is 2. The van der Waals surface area contributed by atoms with Crippen LogP contribution in [-0.2, 0) is 11.8 Å². The Labute approximate surface area is 114 Å². The van der Waals surface area contributed by atoms with Crippen LogP contribution < -0.4 is 5.32 Å². The summed E-state index contributed by atoms with van der Waals surface area (Å²) < 4.78 is 1.56. The van der Waals surface area contributed by atoms with Crippen LogP contribution in [0.25, 0.3) is 11.4 Å². The lowest BCUT2D eigenvalue weighted by Crippen LogP contribution is -2.27. The zero-order chi connectivity index (χ0) is 14.9. The molecular weight excluding hydrogens is 262 g/mol. The predicted molar refractivity (Wildman–Crippen MR) is 70.4 cm³/mol. The molecule has 2 aromatic rings. The molecule has 7 heteroatoms. The van der Waals surface area contributed by atoms with Gasteiger partial charge in [-0.15, -0.1) is 0 Å². The number of aryl methyl sites for hydroxylation is 1. The van der Waals surface area contributed by atoms with Crippen LogP contribution in [0.15, 0.2) is 24.4 Å². The van der Waals surface area contributed by atoms with E-state index in [-0.39, 0.29) is 17.2 Å². The SMILES string of the molecule is CNC(=O)C(=O)c1cn(C)c(-c2ccc(O)c(O)c2)n1. The molecule has 0 radical (unpaired) electrons. The number of rotatable bonds is 3. The molecule has 7 nitrogen and oxygen atoms in total. The van der Waals surface area contributed by atoms with E-state index in [1.54, 1.807) is 17.7 Å². The summed E-state index contributed by atoms with van der Waals surface area (Å²) in [6.45, 7) is 0. The van der Waals surface area contributed by atoms with Gasteiger partial charge in [-0.05, 0) is 18.2 Å². The number of hydrogen-bond acceptors (Lipinski definition) is 5. The van der Waals surface area contributed by atoms with Crippen LogP contribution >= 0.6 is 0 Å². The summed E-state index contributed by atoms with van der Waals surface area (Å²) in [5.74, 6) is -1.62. The van der Waals surface area contributed by atoms with Gasteiger partial charge in [-0.1, -0.05) is 0 Å². The monoisotopic (exact) mass is 275 g/mol. The lowest BCUT2D eigenvalue weighted by atomic mass is 10.2. The number of phenols is 2. The summed E-state index contributed by atoms with van der Waals surface area (Å²) in [5.41, 5.74) is 0.521. The van der Waals surface area contributed by atoms with Gasteiger partial charge in [-0.2, -0.15) is 0 Å². The highest BCUT2D eigenvalue weighted by atomic mass is 16.3. The van der Waals surface area contributed by atoms with Crippen molar-refractivity contribution >= 4 is 11.7 Å². The van der Waals surface area contributed by atoms with Gasteiger partial charge in [0.05, 0.1) is 0 Å². The van der Waals surface area contributed by atoms with Gasteiger partial charge >= 0.3 is 0 Å². The van der Waals surface area contributed by atoms with E-state index >= 15 is 0 Å². The van der Waals surface area contributed by atoms with Gasteiger partial charge in [0.1, 0.15) is 11.5 Å². The Balaban J connectivity index is 2.43. The number of Topliss-reactive ketones (excluding diaryl/α,β-unsaturated/α-hetero) is 1. The van der Waals surface area contributed by atoms with E-state index in [0.29, 0.717) is 11.4 Å². The molecule has 1 aromatic carbocycles. The van der Waals surface area contributed by atoms with E-state index in [1.807, 2.05) is 0 Å². The maximum atomic E-state index is 11.7. The molecule has 2 rings (SSSR count). The first kappa shape index (κ1) is 13.6. The normalized spacial score (nSPS) is 10.3. The molecule has 1 aromatic heterocycles. The average Bonchev–Trinajstić information content (AvgIpc) is 2.82. The summed E-state index contributed by atoms with van der Waals surface area (Å²) in [6, 6.07) is 4.19. The lowest BCUT2D eigenvalue weighted by Gasteiger charge is -2.03. The molecule has 0 atom stereocenters. The minimum atomic E-state index is -0.747. The fourth-order valence-corrected chi connectivity index (χ4v) is 1.74.